The maximum atomic E-state index is 13.5. The summed E-state index contributed by atoms with van der Waals surface area (Å²) in [5, 5.41) is 10.8. The Bertz CT molecular complexity index is 1700. The van der Waals surface area contributed by atoms with Crippen molar-refractivity contribution in [2.75, 3.05) is 20.3 Å². The van der Waals surface area contributed by atoms with Crippen LogP contribution in [0.3, 0.4) is 0 Å². The number of ether oxygens (including phenoxy) is 1. The van der Waals surface area contributed by atoms with Crippen LogP contribution in [0.5, 0.6) is 0 Å². The number of hydrogen-bond donors (Lipinski definition) is 2. The topological polar surface area (TPSA) is 124 Å². The van der Waals surface area contributed by atoms with Crippen molar-refractivity contribution >= 4 is 32.7 Å². The summed E-state index contributed by atoms with van der Waals surface area (Å²) >= 11 is 0. The number of hydrogen-bond acceptors (Lipinski definition) is 6. The first-order chi connectivity index (χ1) is 18.7. The van der Waals surface area contributed by atoms with Gasteiger partial charge in [0, 0.05) is 42.6 Å². The zero-order valence-electron chi connectivity index (χ0n) is 21.8. The molecule has 1 aliphatic heterocycles. The first-order valence-electron chi connectivity index (χ1n) is 12.8. The smallest absolute Gasteiger partial charge is 0.271 e. The highest BCUT2D eigenvalue weighted by Crippen LogP contribution is 2.44. The van der Waals surface area contributed by atoms with E-state index in [0.29, 0.717) is 36.0 Å². The number of carbonyl (C=O) groups is 2. The zero-order chi connectivity index (χ0) is 27.5. The van der Waals surface area contributed by atoms with Crippen molar-refractivity contribution in [3.63, 3.8) is 0 Å². The predicted molar refractivity (Wildman–Crippen MR) is 144 cm³/mol. The summed E-state index contributed by atoms with van der Waals surface area (Å²) in [6.45, 7) is 5.05. The summed E-state index contributed by atoms with van der Waals surface area (Å²) in [6, 6.07) is 14.9. The third-order valence-electron chi connectivity index (χ3n) is 7.80. The highest BCUT2D eigenvalue weighted by atomic mass is 32.2. The number of aryl methyl sites for hydroxylation is 1. The fourth-order valence-electron chi connectivity index (χ4n) is 5.47. The highest BCUT2D eigenvalue weighted by Gasteiger charge is 2.55. The Morgan fingerprint density at radius 3 is 2.46 bits per heavy atom. The van der Waals surface area contributed by atoms with Gasteiger partial charge in [0.25, 0.3) is 21.8 Å². The molecule has 11 heteroatoms. The molecule has 202 valence electrons. The lowest BCUT2D eigenvalue weighted by Crippen LogP contribution is -2.32. The van der Waals surface area contributed by atoms with Crippen LogP contribution in [0.15, 0.2) is 65.7 Å². The van der Waals surface area contributed by atoms with E-state index in [1.54, 1.807) is 42.5 Å². The summed E-state index contributed by atoms with van der Waals surface area (Å²) in [7, 11) is -2.32. The lowest BCUT2D eigenvalue weighted by Gasteiger charge is -2.18. The molecule has 6 rings (SSSR count). The Morgan fingerprint density at radius 1 is 1.05 bits per heavy atom. The molecule has 2 amide bonds. The highest BCUT2D eigenvalue weighted by molar-refractivity contribution is 7.90. The van der Waals surface area contributed by atoms with Crippen LogP contribution in [0.4, 0.5) is 0 Å². The van der Waals surface area contributed by atoms with Gasteiger partial charge in [0.05, 0.1) is 29.7 Å². The van der Waals surface area contributed by atoms with Gasteiger partial charge in [0.15, 0.2) is 5.69 Å². The summed E-state index contributed by atoms with van der Waals surface area (Å²) < 4.78 is 35.1. The van der Waals surface area contributed by atoms with Gasteiger partial charge in [-0.1, -0.05) is 29.8 Å². The van der Waals surface area contributed by atoms with Crippen LogP contribution >= 0.6 is 0 Å². The number of aromatic nitrogens is 3. The number of amides is 2. The maximum Gasteiger partial charge on any atom is 0.271 e. The van der Waals surface area contributed by atoms with Crippen molar-refractivity contribution in [1.29, 1.82) is 0 Å². The minimum Gasteiger partial charge on any atom is -0.381 e. The molecule has 4 aromatic rings. The Labute approximate surface area is 226 Å². The molecule has 39 heavy (non-hydrogen) atoms. The lowest BCUT2D eigenvalue weighted by molar-refractivity contribution is 0.0915. The number of fused-ring (bicyclic) bond motifs is 2. The van der Waals surface area contributed by atoms with E-state index in [4.69, 9.17) is 4.74 Å². The van der Waals surface area contributed by atoms with E-state index in [0.717, 1.165) is 11.1 Å². The number of benzene rings is 2. The van der Waals surface area contributed by atoms with Crippen LogP contribution in [-0.4, -0.2) is 60.3 Å². The first kappa shape index (κ1) is 25.3. The van der Waals surface area contributed by atoms with Gasteiger partial charge < -0.3 is 15.4 Å². The number of rotatable bonds is 7. The number of nitrogens with one attached hydrogen (secondary N) is 2. The normalized spacial score (nSPS) is 20.9. The van der Waals surface area contributed by atoms with Crippen LogP contribution in [0, 0.1) is 18.8 Å². The second kappa shape index (κ2) is 9.35. The van der Waals surface area contributed by atoms with Crippen molar-refractivity contribution in [3.05, 3.63) is 83.3 Å². The minimum atomic E-state index is -3.83. The Balaban J connectivity index is 1.38. The third kappa shape index (κ3) is 4.22. The van der Waals surface area contributed by atoms with Gasteiger partial charge in [0.2, 0.25) is 0 Å². The average Bonchev–Trinajstić information content (AvgIpc) is 3.43. The SMILES string of the molecule is CNC(=O)c1cc(C(=O)N[C@H]2[C@@H]3COC[C@@H]32)n(C(C)c2cccc3c2ccn3S(=O)(=O)c2ccc(C)cc2)n1. The van der Waals surface area contributed by atoms with Gasteiger partial charge >= 0.3 is 0 Å². The van der Waals surface area contributed by atoms with Crippen molar-refractivity contribution < 1.29 is 22.7 Å². The molecule has 1 saturated carbocycles. The summed E-state index contributed by atoms with van der Waals surface area (Å²) in [6.07, 6.45) is 1.54. The molecule has 0 spiro atoms. The van der Waals surface area contributed by atoms with Crippen LogP contribution in [0.2, 0.25) is 0 Å². The van der Waals surface area contributed by atoms with Crippen LogP contribution in [0.1, 0.15) is 45.1 Å². The van der Waals surface area contributed by atoms with E-state index in [-0.39, 0.29) is 28.2 Å². The minimum absolute atomic E-state index is 0.0535. The van der Waals surface area contributed by atoms with E-state index >= 15 is 0 Å². The Morgan fingerprint density at radius 2 is 1.77 bits per heavy atom. The molecule has 4 atom stereocenters. The van der Waals surface area contributed by atoms with Gasteiger partial charge in [-0.15, -0.1) is 0 Å². The molecule has 2 aromatic heterocycles. The predicted octanol–water partition coefficient (Wildman–Crippen LogP) is 2.73. The van der Waals surface area contributed by atoms with Crippen molar-refractivity contribution in [3.8, 4) is 0 Å². The molecule has 0 radical (unpaired) electrons. The van der Waals surface area contributed by atoms with Crippen LogP contribution in [-0.2, 0) is 14.8 Å². The quantitative estimate of drug-likeness (QED) is 0.367. The average molecular weight is 548 g/mol. The van der Waals surface area contributed by atoms with Gasteiger partial charge in [-0.05, 0) is 43.7 Å². The molecule has 10 nitrogen and oxygen atoms in total. The number of nitrogens with zero attached hydrogens (tertiary/aromatic N) is 3. The molecular formula is C28H29N5O5S. The Hall–Kier alpha value is -3.96. The van der Waals surface area contributed by atoms with E-state index in [9.17, 15) is 18.0 Å². The van der Waals surface area contributed by atoms with Gasteiger partial charge in [-0.2, -0.15) is 5.10 Å². The second-order valence-corrected chi connectivity index (χ2v) is 12.0. The molecule has 3 heterocycles. The fraction of sp³-hybridized carbons (Fsp3) is 0.321. The Kier molecular flexibility index (Phi) is 6.07. The molecule has 2 aromatic carbocycles. The van der Waals surface area contributed by atoms with Crippen molar-refractivity contribution in [1.82, 2.24) is 24.4 Å². The fourth-order valence-corrected chi connectivity index (χ4v) is 6.82. The standard InChI is InChI=1S/C28H29N5O5S/c1-16-7-9-18(10-8-16)39(36,37)32-12-11-20-19(5-4-6-24(20)32)17(2)33-25(13-23(31-33)27(34)29-3)28(35)30-26-21-14-38-15-22(21)26/h4-13,17,21-22,26H,14-15H2,1-3H3,(H,29,34)(H,30,35)/t17?,21-,22+,26+. The van der Waals surface area contributed by atoms with E-state index in [2.05, 4.69) is 15.7 Å². The van der Waals surface area contributed by atoms with Crippen LogP contribution in [0.25, 0.3) is 10.9 Å². The molecule has 2 fully saturated rings. The molecule has 2 aliphatic rings. The zero-order valence-corrected chi connectivity index (χ0v) is 22.6. The molecule has 2 N–H and O–H groups in total. The second-order valence-electron chi connectivity index (χ2n) is 10.2. The molecule has 1 saturated heterocycles. The summed E-state index contributed by atoms with van der Waals surface area (Å²) in [4.78, 5) is 26.0. The van der Waals surface area contributed by atoms with Crippen LogP contribution < -0.4 is 10.6 Å². The van der Waals surface area contributed by atoms with Crippen molar-refractivity contribution in [2.24, 2.45) is 11.8 Å². The number of carbonyl (C=O) groups excluding carboxylic acids is 2. The van der Waals surface area contributed by atoms with Gasteiger partial charge in [0.1, 0.15) is 5.69 Å². The summed E-state index contributed by atoms with van der Waals surface area (Å²) in [5.74, 6) is -0.0638. The third-order valence-corrected chi connectivity index (χ3v) is 9.51. The van der Waals surface area contributed by atoms with E-state index in [1.165, 1.54) is 28.0 Å². The van der Waals surface area contributed by atoms with E-state index < -0.39 is 22.0 Å². The first-order valence-corrected chi connectivity index (χ1v) is 14.3. The lowest BCUT2D eigenvalue weighted by atomic mass is 10.0. The molecular weight excluding hydrogens is 518 g/mol. The van der Waals surface area contributed by atoms with Gasteiger partial charge in [-0.3, -0.25) is 14.3 Å². The largest absolute Gasteiger partial charge is 0.381 e. The molecule has 1 aliphatic carbocycles. The maximum absolute atomic E-state index is 13.5. The summed E-state index contributed by atoms with van der Waals surface area (Å²) in [5.41, 5.74) is 2.63. The van der Waals surface area contributed by atoms with E-state index in [1.807, 2.05) is 19.9 Å². The molecule has 0 bridgehead atoms. The monoisotopic (exact) mass is 547 g/mol. The van der Waals surface area contributed by atoms with Gasteiger partial charge in [-0.25, -0.2) is 12.4 Å². The molecule has 1 unspecified atom stereocenters. The van der Waals surface area contributed by atoms with Crippen molar-refractivity contribution in [2.45, 2.75) is 30.8 Å².